The molecule has 5 heteroatoms. The van der Waals surface area contributed by atoms with Gasteiger partial charge in [-0.2, -0.15) is 0 Å². The van der Waals surface area contributed by atoms with E-state index >= 15 is 0 Å². The van der Waals surface area contributed by atoms with E-state index in [1.807, 2.05) is 6.92 Å². The molecule has 0 spiro atoms. The molecular weight excluding hydrogens is 224 g/mol. The summed E-state index contributed by atoms with van der Waals surface area (Å²) in [4.78, 5) is 11.0. The first-order valence-corrected chi connectivity index (χ1v) is 5.00. The van der Waals surface area contributed by atoms with Crippen LogP contribution in [0.3, 0.4) is 0 Å². The minimum atomic E-state index is -1.21. The first kappa shape index (κ1) is 11.3. The Balaban J connectivity index is 2.94. The standard InChI is InChI=1S/C12H12O5/c1-5-6(2)17-10-7(5)4-8(12(14)15)9(13)11(10)16-3/h4,13H,1-3H3,(H,14,15). The number of furan rings is 1. The molecule has 0 amide bonds. The van der Waals surface area contributed by atoms with Crippen LogP contribution in [0.15, 0.2) is 10.5 Å². The Labute approximate surface area is 97.2 Å². The number of benzene rings is 1. The number of rotatable bonds is 2. The SMILES string of the molecule is COc1c(O)c(C(=O)O)cc2c(C)c(C)oc12. The summed E-state index contributed by atoms with van der Waals surface area (Å²) in [6.07, 6.45) is 0. The van der Waals surface area contributed by atoms with Gasteiger partial charge in [-0.1, -0.05) is 0 Å². The molecule has 0 unspecified atom stereocenters. The van der Waals surface area contributed by atoms with Crippen molar-refractivity contribution in [1.82, 2.24) is 0 Å². The van der Waals surface area contributed by atoms with Crippen LogP contribution in [0.25, 0.3) is 11.0 Å². The Morgan fingerprint density at radius 2 is 2.06 bits per heavy atom. The van der Waals surface area contributed by atoms with Crippen molar-refractivity contribution >= 4 is 16.9 Å². The number of ether oxygens (including phenoxy) is 1. The Bertz CT molecular complexity index is 609. The zero-order valence-corrected chi connectivity index (χ0v) is 9.70. The molecule has 1 heterocycles. The molecule has 0 radical (unpaired) electrons. The van der Waals surface area contributed by atoms with Gasteiger partial charge in [-0.25, -0.2) is 4.79 Å². The van der Waals surface area contributed by atoms with Gasteiger partial charge in [0.1, 0.15) is 11.3 Å². The summed E-state index contributed by atoms with van der Waals surface area (Å²) in [5.74, 6) is -0.904. The normalized spacial score (nSPS) is 10.8. The first-order chi connectivity index (χ1) is 7.97. The largest absolute Gasteiger partial charge is 0.504 e. The maximum Gasteiger partial charge on any atom is 0.339 e. The van der Waals surface area contributed by atoms with Gasteiger partial charge < -0.3 is 19.4 Å². The van der Waals surface area contributed by atoms with Crippen molar-refractivity contribution in [2.24, 2.45) is 0 Å². The lowest BCUT2D eigenvalue weighted by molar-refractivity contribution is 0.0693. The van der Waals surface area contributed by atoms with Crippen LogP contribution in [-0.2, 0) is 0 Å². The third-order valence-electron chi connectivity index (χ3n) is 2.83. The van der Waals surface area contributed by atoms with E-state index in [0.29, 0.717) is 16.7 Å². The highest BCUT2D eigenvalue weighted by atomic mass is 16.5. The average molecular weight is 236 g/mol. The second-order valence-electron chi connectivity index (χ2n) is 3.77. The maximum atomic E-state index is 11.0. The highest BCUT2D eigenvalue weighted by Gasteiger charge is 2.22. The zero-order chi connectivity index (χ0) is 12.7. The van der Waals surface area contributed by atoms with Crippen molar-refractivity contribution in [2.45, 2.75) is 13.8 Å². The predicted octanol–water partition coefficient (Wildman–Crippen LogP) is 2.46. The molecule has 5 nitrogen and oxygen atoms in total. The van der Waals surface area contributed by atoms with Crippen molar-refractivity contribution in [3.05, 3.63) is 23.0 Å². The number of carboxylic acid groups (broad SMARTS) is 1. The summed E-state index contributed by atoms with van der Waals surface area (Å²) >= 11 is 0. The summed E-state index contributed by atoms with van der Waals surface area (Å²) < 4.78 is 10.5. The van der Waals surface area contributed by atoms with E-state index < -0.39 is 11.7 Å². The molecule has 17 heavy (non-hydrogen) atoms. The number of carbonyl (C=O) groups is 1. The van der Waals surface area contributed by atoms with Crippen molar-refractivity contribution in [3.63, 3.8) is 0 Å². The van der Waals surface area contributed by atoms with Gasteiger partial charge >= 0.3 is 5.97 Å². The highest BCUT2D eigenvalue weighted by molar-refractivity contribution is 6.00. The van der Waals surface area contributed by atoms with E-state index in [-0.39, 0.29) is 11.3 Å². The molecule has 0 saturated heterocycles. The quantitative estimate of drug-likeness (QED) is 0.837. The summed E-state index contributed by atoms with van der Waals surface area (Å²) in [5, 5.41) is 19.4. The molecule has 2 aromatic rings. The van der Waals surface area contributed by atoms with E-state index in [0.717, 1.165) is 5.56 Å². The lowest BCUT2D eigenvalue weighted by Gasteiger charge is -2.06. The van der Waals surface area contributed by atoms with Crippen LogP contribution in [0.4, 0.5) is 0 Å². The molecule has 2 rings (SSSR count). The number of methoxy groups -OCH3 is 1. The summed E-state index contributed by atoms with van der Waals surface area (Å²) in [7, 11) is 1.35. The third kappa shape index (κ3) is 1.51. The number of aryl methyl sites for hydroxylation is 2. The molecule has 1 aromatic heterocycles. The predicted molar refractivity (Wildman–Crippen MR) is 60.9 cm³/mol. The fourth-order valence-corrected chi connectivity index (χ4v) is 1.78. The Kier molecular flexibility index (Phi) is 2.46. The van der Waals surface area contributed by atoms with Crippen LogP contribution < -0.4 is 4.74 Å². The van der Waals surface area contributed by atoms with Crippen LogP contribution in [0.2, 0.25) is 0 Å². The van der Waals surface area contributed by atoms with Gasteiger partial charge in [-0.15, -0.1) is 0 Å². The monoisotopic (exact) mass is 236 g/mol. The van der Waals surface area contributed by atoms with E-state index in [9.17, 15) is 9.90 Å². The molecule has 90 valence electrons. The number of aromatic hydroxyl groups is 1. The summed E-state index contributed by atoms with van der Waals surface area (Å²) in [6, 6.07) is 1.39. The molecule has 0 aliphatic heterocycles. The second kappa shape index (κ2) is 3.69. The average Bonchev–Trinajstić information content (AvgIpc) is 2.54. The van der Waals surface area contributed by atoms with Crippen molar-refractivity contribution in [3.8, 4) is 11.5 Å². The van der Waals surface area contributed by atoms with Crippen molar-refractivity contribution in [2.75, 3.05) is 7.11 Å². The van der Waals surface area contributed by atoms with Gasteiger partial charge in [0.15, 0.2) is 11.3 Å². The molecule has 0 bridgehead atoms. The van der Waals surface area contributed by atoms with Gasteiger partial charge in [0.2, 0.25) is 5.75 Å². The number of hydrogen-bond acceptors (Lipinski definition) is 4. The third-order valence-corrected chi connectivity index (χ3v) is 2.83. The summed E-state index contributed by atoms with van der Waals surface area (Å²) in [5.41, 5.74) is 1.00. The molecule has 0 atom stereocenters. The zero-order valence-electron chi connectivity index (χ0n) is 9.70. The smallest absolute Gasteiger partial charge is 0.339 e. The van der Waals surface area contributed by atoms with Crippen molar-refractivity contribution < 1.29 is 24.2 Å². The van der Waals surface area contributed by atoms with Gasteiger partial charge in [-0.3, -0.25) is 0 Å². The number of phenols is 1. The molecule has 2 N–H and O–H groups in total. The first-order valence-electron chi connectivity index (χ1n) is 5.00. The highest BCUT2D eigenvalue weighted by Crippen LogP contribution is 2.41. The molecule has 0 saturated carbocycles. The van der Waals surface area contributed by atoms with Crippen LogP contribution in [-0.4, -0.2) is 23.3 Å². The fourth-order valence-electron chi connectivity index (χ4n) is 1.78. The minimum Gasteiger partial charge on any atom is -0.504 e. The summed E-state index contributed by atoms with van der Waals surface area (Å²) in [6.45, 7) is 3.59. The van der Waals surface area contributed by atoms with Crippen molar-refractivity contribution in [1.29, 1.82) is 0 Å². The van der Waals surface area contributed by atoms with Gasteiger partial charge in [0.05, 0.1) is 7.11 Å². The molecule has 0 aliphatic rings. The number of carboxylic acids is 1. The molecule has 1 aromatic carbocycles. The molecule has 0 fully saturated rings. The Hall–Kier alpha value is -2.17. The van der Waals surface area contributed by atoms with E-state index in [1.165, 1.54) is 13.2 Å². The lowest BCUT2D eigenvalue weighted by atomic mass is 10.1. The Morgan fingerprint density at radius 1 is 1.41 bits per heavy atom. The number of hydrogen-bond donors (Lipinski definition) is 2. The number of aromatic carboxylic acids is 1. The molecule has 0 aliphatic carbocycles. The minimum absolute atomic E-state index is 0.0519. The van der Waals surface area contributed by atoms with E-state index in [1.54, 1.807) is 6.92 Å². The topological polar surface area (TPSA) is 79.9 Å². The van der Waals surface area contributed by atoms with Crippen LogP contribution in [0.1, 0.15) is 21.7 Å². The van der Waals surface area contributed by atoms with Gasteiger partial charge in [0, 0.05) is 5.39 Å². The molecular formula is C12H12O5. The van der Waals surface area contributed by atoms with Gasteiger partial charge in [0.25, 0.3) is 0 Å². The maximum absolute atomic E-state index is 11.0. The fraction of sp³-hybridized carbons (Fsp3) is 0.250. The van der Waals surface area contributed by atoms with Crippen LogP contribution >= 0.6 is 0 Å². The van der Waals surface area contributed by atoms with Crippen LogP contribution in [0, 0.1) is 13.8 Å². The Morgan fingerprint density at radius 3 is 2.59 bits per heavy atom. The van der Waals surface area contributed by atoms with Crippen LogP contribution in [0.5, 0.6) is 11.5 Å². The van der Waals surface area contributed by atoms with E-state index in [2.05, 4.69) is 0 Å². The lowest BCUT2D eigenvalue weighted by Crippen LogP contribution is -1.98. The van der Waals surface area contributed by atoms with Gasteiger partial charge in [-0.05, 0) is 25.5 Å². The van der Waals surface area contributed by atoms with E-state index in [4.69, 9.17) is 14.3 Å². The number of fused-ring (bicyclic) bond motifs is 1. The second-order valence-corrected chi connectivity index (χ2v) is 3.77.